The topological polar surface area (TPSA) is 0 Å². The summed E-state index contributed by atoms with van der Waals surface area (Å²) in [5.74, 6) is 0. The maximum Gasteiger partial charge on any atom is 0.0725 e. The van der Waals surface area contributed by atoms with Crippen LogP contribution in [0.15, 0.2) is 297 Å². The van der Waals surface area contributed by atoms with Crippen molar-refractivity contribution in [2.75, 3.05) is 0 Å². The van der Waals surface area contributed by atoms with Gasteiger partial charge in [-0.1, -0.05) is 314 Å². The monoisotopic (exact) mass is 994 g/mol. The highest BCUT2D eigenvalue weighted by Gasteiger charge is 2.52. The summed E-state index contributed by atoms with van der Waals surface area (Å²) in [5, 5.41) is 0. The molecule has 0 fully saturated rings. The average Bonchev–Trinajstić information content (AvgIpc) is 3.14. The van der Waals surface area contributed by atoms with Crippen LogP contribution >= 0.6 is 0 Å². The van der Waals surface area contributed by atoms with Crippen LogP contribution in [0.4, 0.5) is 0 Å². The Morgan fingerprint density at radius 3 is 0.756 bits per heavy atom. The number of benzene rings is 12. The van der Waals surface area contributed by atoms with Crippen LogP contribution in [-0.2, 0) is 16.2 Å². The van der Waals surface area contributed by atoms with Gasteiger partial charge in [0, 0.05) is 0 Å². The molecule has 0 N–H and O–H groups in total. The molecule has 0 amide bonds. The van der Waals surface area contributed by atoms with Crippen molar-refractivity contribution < 1.29 is 0 Å². The molecule has 0 heteroatoms. The SMILES string of the molecule is Cc1ccc2c(c1)-c1ccccc1C2(c1ccccc1)c1ccccc1.Cc1ccc2c(c1)C(c1ccccc1)(c1ccccc1)c1ccccc1-2.Cc1ccc2c(c1)C1(c3ccccc3-c3ccccc31)c1ccccc1-2. The lowest BCUT2D eigenvalue weighted by atomic mass is 9.67. The van der Waals surface area contributed by atoms with E-state index in [-0.39, 0.29) is 16.2 Å². The van der Waals surface area contributed by atoms with Gasteiger partial charge in [0.2, 0.25) is 0 Å². The van der Waals surface area contributed by atoms with Crippen LogP contribution in [0.2, 0.25) is 0 Å². The van der Waals surface area contributed by atoms with Gasteiger partial charge >= 0.3 is 0 Å². The number of aryl methyl sites for hydroxylation is 3. The first-order valence-corrected chi connectivity index (χ1v) is 27.5. The number of hydrogen-bond acceptors (Lipinski definition) is 0. The van der Waals surface area contributed by atoms with E-state index < -0.39 is 0 Å². The van der Waals surface area contributed by atoms with Crippen molar-refractivity contribution in [2.24, 2.45) is 0 Å². The first-order valence-electron chi connectivity index (χ1n) is 27.5. The molecule has 12 aromatic carbocycles. The Morgan fingerprint density at radius 1 is 0.167 bits per heavy atom. The third kappa shape index (κ3) is 6.86. The fraction of sp³-hybridized carbons (Fsp3) is 0.0769. The lowest BCUT2D eigenvalue weighted by Gasteiger charge is -2.34. The van der Waals surface area contributed by atoms with Crippen LogP contribution < -0.4 is 0 Å². The van der Waals surface area contributed by atoms with E-state index in [1.807, 2.05) is 0 Å². The summed E-state index contributed by atoms with van der Waals surface area (Å²) in [6.45, 7) is 6.56. The Labute approximate surface area is 459 Å². The molecule has 1 spiro atoms. The predicted molar refractivity (Wildman–Crippen MR) is 324 cm³/mol. The quantitative estimate of drug-likeness (QED) is 0.165. The summed E-state index contributed by atoms with van der Waals surface area (Å²) in [4.78, 5) is 0. The van der Waals surface area contributed by atoms with E-state index in [2.05, 4.69) is 318 Å². The fourth-order valence-electron chi connectivity index (χ4n) is 14.3. The Hall–Kier alpha value is -9.36. The summed E-state index contributed by atoms with van der Waals surface area (Å²) < 4.78 is 0. The van der Waals surface area contributed by atoms with Crippen molar-refractivity contribution >= 4 is 0 Å². The first-order chi connectivity index (χ1) is 38.4. The molecule has 12 aromatic rings. The summed E-state index contributed by atoms with van der Waals surface area (Å²) in [6, 6.07) is 109. The van der Waals surface area contributed by atoms with E-state index in [1.165, 1.54) is 128 Å². The number of fused-ring (bicyclic) bond motifs is 16. The summed E-state index contributed by atoms with van der Waals surface area (Å²) in [7, 11) is 0. The predicted octanol–water partition coefficient (Wildman–Crippen LogP) is 19.1. The van der Waals surface area contributed by atoms with Crippen LogP contribution in [0.1, 0.15) is 83.5 Å². The minimum atomic E-state index is -0.263. The van der Waals surface area contributed by atoms with Crippen molar-refractivity contribution in [3.8, 4) is 44.5 Å². The van der Waals surface area contributed by atoms with Gasteiger partial charge in [-0.3, -0.25) is 0 Å². The molecule has 0 radical (unpaired) electrons. The van der Waals surface area contributed by atoms with Crippen molar-refractivity contribution in [1.82, 2.24) is 0 Å². The second-order valence-corrected chi connectivity index (χ2v) is 21.6. The van der Waals surface area contributed by atoms with Gasteiger partial charge in [0.05, 0.1) is 16.2 Å². The average molecular weight is 995 g/mol. The Kier molecular flexibility index (Phi) is 11.3. The molecule has 4 aliphatic rings. The molecular weight excluding hydrogens is 937 g/mol. The van der Waals surface area contributed by atoms with E-state index in [0.717, 1.165) is 0 Å². The van der Waals surface area contributed by atoms with Crippen LogP contribution in [0.25, 0.3) is 44.5 Å². The smallest absolute Gasteiger partial charge is 0.0622 e. The maximum absolute atomic E-state index is 2.40. The fourth-order valence-corrected chi connectivity index (χ4v) is 14.3. The zero-order chi connectivity index (χ0) is 52.4. The molecule has 0 heterocycles. The molecule has 0 atom stereocenters. The molecule has 0 nitrogen and oxygen atoms in total. The van der Waals surface area contributed by atoms with Crippen molar-refractivity contribution in [1.29, 1.82) is 0 Å². The van der Waals surface area contributed by atoms with Gasteiger partial charge in [0.15, 0.2) is 0 Å². The lowest BCUT2D eigenvalue weighted by Crippen LogP contribution is -2.28. The van der Waals surface area contributed by atoms with Gasteiger partial charge < -0.3 is 0 Å². The van der Waals surface area contributed by atoms with E-state index in [1.54, 1.807) is 0 Å². The molecule has 0 saturated carbocycles. The lowest BCUT2D eigenvalue weighted by molar-refractivity contribution is 0.767. The first kappa shape index (κ1) is 47.1. The third-order valence-corrected chi connectivity index (χ3v) is 17.4. The second-order valence-electron chi connectivity index (χ2n) is 21.6. The molecular formula is C78H58. The van der Waals surface area contributed by atoms with Gasteiger partial charge in [-0.25, -0.2) is 0 Å². The van der Waals surface area contributed by atoms with Crippen molar-refractivity contribution in [3.63, 3.8) is 0 Å². The van der Waals surface area contributed by atoms with E-state index >= 15 is 0 Å². The van der Waals surface area contributed by atoms with Crippen LogP contribution in [-0.4, -0.2) is 0 Å². The second kappa shape index (κ2) is 18.7. The normalized spacial score (nSPS) is 14.1. The molecule has 0 bridgehead atoms. The summed E-state index contributed by atoms with van der Waals surface area (Å²) >= 11 is 0. The summed E-state index contributed by atoms with van der Waals surface area (Å²) in [5.41, 5.74) is 30.5. The zero-order valence-electron chi connectivity index (χ0n) is 44.3. The zero-order valence-corrected chi connectivity index (χ0v) is 44.3. The molecule has 78 heavy (non-hydrogen) atoms. The highest BCUT2D eigenvalue weighted by Crippen LogP contribution is 2.63. The molecule has 0 unspecified atom stereocenters. The Balaban J connectivity index is 0.000000106. The third-order valence-electron chi connectivity index (χ3n) is 17.4. The van der Waals surface area contributed by atoms with Crippen LogP contribution in [0.3, 0.4) is 0 Å². The maximum atomic E-state index is 2.40. The Morgan fingerprint density at radius 2 is 0.397 bits per heavy atom. The number of hydrogen-bond donors (Lipinski definition) is 0. The minimum Gasteiger partial charge on any atom is -0.0622 e. The largest absolute Gasteiger partial charge is 0.0725 e. The van der Waals surface area contributed by atoms with Gasteiger partial charge in [-0.05, 0) is 132 Å². The van der Waals surface area contributed by atoms with E-state index in [9.17, 15) is 0 Å². The molecule has 0 aliphatic heterocycles. The Bertz CT molecular complexity index is 3980. The van der Waals surface area contributed by atoms with E-state index in [0.29, 0.717) is 0 Å². The molecule has 4 aliphatic carbocycles. The standard InChI is InChI=1S/C26H18.2C26H20/c1-17-14-15-21-20-10-4-7-13-24(20)26(25(21)16-17)22-11-5-2-8-18(22)19-9-3-6-12-23(19)26;1-19-16-17-25-23(18-19)22-14-8-9-15-24(22)26(25,20-10-4-2-5-11-20)21-12-6-3-7-13-21;1-19-16-17-23-22-14-8-9-15-24(22)26(25(23)18-19,20-10-4-2-5-11-20)21-12-6-3-7-13-21/h2-16H,1H3;2*2-18H,1H3. The number of rotatable bonds is 4. The summed E-state index contributed by atoms with van der Waals surface area (Å²) in [6.07, 6.45) is 0. The van der Waals surface area contributed by atoms with Crippen LogP contribution in [0, 0.1) is 20.8 Å². The molecule has 0 aromatic heterocycles. The van der Waals surface area contributed by atoms with Crippen LogP contribution in [0.5, 0.6) is 0 Å². The molecule has 370 valence electrons. The van der Waals surface area contributed by atoms with Gasteiger partial charge in [0.1, 0.15) is 0 Å². The van der Waals surface area contributed by atoms with Crippen molar-refractivity contribution in [2.45, 2.75) is 37.0 Å². The van der Waals surface area contributed by atoms with Gasteiger partial charge in [0.25, 0.3) is 0 Å². The van der Waals surface area contributed by atoms with Gasteiger partial charge in [-0.15, -0.1) is 0 Å². The highest BCUT2D eigenvalue weighted by molar-refractivity contribution is 5.95. The van der Waals surface area contributed by atoms with E-state index in [4.69, 9.17) is 0 Å². The highest BCUT2D eigenvalue weighted by atomic mass is 14.5. The van der Waals surface area contributed by atoms with Crippen molar-refractivity contribution in [3.05, 3.63) is 381 Å². The minimum absolute atomic E-state index is 0.189. The molecule has 16 rings (SSSR count). The van der Waals surface area contributed by atoms with Gasteiger partial charge in [-0.2, -0.15) is 0 Å². The molecule has 0 saturated heterocycles.